The summed E-state index contributed by atoms with van der Waals surface area (Å²) in [5.41, 5.74) is 2.29. The van der Waals surface area contributed by atoms with Gasteiger partial charge in [0.05, 0.1) is 6.10 Å². The van der Waals surface area contributed by atoms with Gasteiger partial charge in [0.25, 0.3) is 0 Å². The molecule has 0 heterocycles. The third-order valence-electron chi connectivity index (χ3n) is 4.65. The molecular weight excluding hydrogens is 296 g/mol. The Bertz CT molecular complexity index is 528. The lowest BCUT2D eigenvalue weighted by Gasteiger charge is -2.33. The predicted molar refractivity (Wildman–Crippen MR) is 86.6 cm³/mol. The molecule has 2 rings (SSSR count). The zero-order valence-corrected chi connectivity index (χ0v) is 14.2. The number of aliphatic hydroxyl groups excluding tert-OH is 1. The van der Waals surface area contributed by atoms with E-state index in [-0.39, 0.29) is 11.7 Å². The maximum Gasteiger partial charge on any atom is 0.171 e. The molecule has 1 aromatic rings. The monoisotopic (exact) mass is 322 g/mol. The second-order valence-electron chi connectivity index (χ2n) is 5.99. The highest BCUT2D eigenvalue weighted by Gasteiger charge is 2.41. The minimum atomic E-state index is -0.782. The van der Waals surface area contributed by atoms with Crippen molar-refractivity contribution in [2.45, 2.75) is 50.1 Å². The van der Waals surface area contributed by atoms with Crippen LogP contribution in [0.3, 0.4) is 0 Å². The number of benzene rings is 1. The summed E-state index contributed by atoms with van der Waals surface area (Å²) in [5.74, 6) is -0.215. The average Bonchev–Trinajstić information content (AvgIpc) is 2.98. The average molecular weight is 322 g/mol. The van der Waals surface area contributed by atoms with Crippen LogP contribution in [0.15, 0.2) is 24.3 Å². The number of methoxy groups -OCH3 is 3. The number of hydrogen-bond donors (Lipinski definition) is 1. The molecule has 128 valence electrons. The number of carbonyl (C=O) groups is 1. The van der Waals surface area contributed by atoms with E-state index in [1.165, 1.54) is 26.9 Å². The number of fused-ring (bicyclic) bond motifs is 1. The van der Waals surface area contributed by atoms with Crippen LogP contribution in [0, 0.1) is 0 Å². The molecule has 1 N–H and O–H groups in total. The molecule has 0 aliphatic heterocycles. The Balaban J connectivity index is 2.24. The third kappa shape index (κ3) is 3.63. The Morgan fingerprint density at radius 2 is 1.78 bits per heavy atom. The molecular formula is C18H26O5. The first-order valence-corrected chi connectivity index (χ1v) is 7.93. The largest absolute Gasteiger partial charge is 0.391 e. The minimum absolute atomic E-state index is 0.0213. The van der Waals surface area contributed by atoms with Crippen LogP contribution in [0.25, 0.3) is 0 Å². The van der Waals surface area contributed by atoms with Crippen LogP contribution in [0.2, 0.25) is 0 Å². The van der Waals surface area contributed by atoms with Crippen LogP contribution < -0.4 is 0 Å². The Hall–Kier alpha value is -1.27. The van der Waals surface area contributed by atoms with E-state index in [1.807, 2.05) is 18.2 Å². The van der Waals surface area contributed by atoms with Gasteiger partial charge in [0.1, 0.15) is 18.3 Å². The number of ketones is 1. The summed E-state index contributed by atoms with van der Waals surface area (Å²) >= 11 is 0. The standard InChI is InChI=1S/C18H26O5/c1-11(19)16(21-2)18(23-4)17(22-3)15(20)14-10-9-12-7-5-6-8-13(12)14/h5-8,11,14,16-19H,9-10H2,1-4H3/t11-,14?,16-,17-,18+/m0/s1. The number of Topliss-reactive ketones (excluding diaryl/α,β-unsaturated/α-hetero) is 1. The summed E-state index contributed by atoms with van der Waals surface area (Å²) in [7, 11) is 4.48. The van der Waals surface area contributed by atoms with Gasteiger partial charge in [0, 0.05) is 27.2 Å². The second-order valence-corrected chi connectivity index (χ2v) is 5.99. The Labute approximate surface area is 137 Å². The molecule has 0 amide bonds. The summed E-state index contributed by atoms with van der Waals surface area (Å²) in [6, 6.07) is 8.01. The van der Waals surface area contributed by atoms with E-state index in [0.717, 1.165) is 18.4 Å². The quantitative estimate of drug-likeness (QED) is 0.789. The van der Waals surface area contributed by atoms with Crippen molar-refractivity contribution in [2.24, 2.45) is 0 Å². The smallest absolute Gasteiger partial charge is 0.171 e. The molecule has 5 nitrogen and oxygen atoms in total. The van der Waals surface area contributed by atoms with Gasteiger partial charge in [-0.3, -0.25) is 4.79 Å². The first-order valence-electron chi connectivity index (χ1n) is 7.93. The first-order chi connectivity index (χ1) is 11.0. The molecule has 1 unspecified atom stereocenters. The zero-order valence-electron chi connectivity index (χ0n) is 14.2. The lowest BCUT2D eigenvalue weighted by Crippen LogP contribution is -2.50. The molecule has 0 bridgehead atoms. The van der Waals surface area contributed by atoms with Crippen molar-refractivity contribution in [1.82, 2.24) is 0 Å². The van der Waals surface area contributed by atoms with Gasteiger partial charge in [-0.25, -0.2) is 0 Å². The molecule has 1 aliphatic rings. The van der Waals surface area contributed by atoms with Gasteiger partial charge in [-0.1, -0.05) is 24.3 Å². The van der Waals surface area contributed by atoms with Gasteiger partial charge >= 0.3 is 0 Å². The fourth-order valence-corrected chi connectivity index (χ4v) is 3.50. The third-order valence-corrected chi connectivity index (χ3v) is 4.65. The molecule has 0 fully saturated rings. The molecule has 23 heavy (non-hydrogen) atoms. The van der Waals surface area contributed by atoms with Crippen LogP contribution in [-0.4, -0.2) is 56.6 Å². The molecule has 0 spiro atoms. The molecule has 5 atom stereocenters. The zero-order chi connectivity index (χ0) is 17.0. The summed E-state index contributed by atoms with van der Waals surface area (Å²) in [6.07, 6.45) is -1.18. The van der Waals surface area contributed by atoms with Gasteiger partial charge in [-0.2, -0.15) is 0 Å². The van der Waals surface area contributed by atoms with Crippen LogP contribution in [0.4, 0.5) is 0 Å². The number of aliphatic hydroxyl groups is 1. The highest BCUT2D eigenvalue weighted by atomic mass is 16.6. The number of rotatable bonds is 8. The minimum Gasteiger partial charge on any atom is -0.391 e. The molecule has 1 aromatic carbocycles. The SMILES string of the molecule is CO[C@H]([C@@H](OC)[C@@H](OC)C(=O)C1CCc2ccccc21)[C@H](C)O. The van der Waals surface area contributed by atoms with E-state index in [1.54, 1.807) is 6.92 Å². The Morgan fingerprint density at radius 1 is 1.13 bits per heavy atom. The number of ether oxygens (including phenoxy) is 3. The number of hydrogen-bond acceptors (Lipinski definition) is 5. The van der Waals surface area contributed by atoms with E-state index in [2.05, 4.69) is 6.07 Å². The maximum atomic E-state index is 13.0. The van der Waals surface area contributed by atoms with Crippen molar-refractivity contribution < 1.29 is 24.1 Å². The fraction of sp³-hybridized carbons (Fsp3) is 0.611. The van der Waals surface area contributed by atoms with Crippen molar-refractivity contribution in [3.63, 3.8) is 0 Å². The number of aryl methyl sites for hydroxylation is 1. The van der Waals surface area contributed by atoms with Crippen molar-refractivity contribution >= 4 is 5.78 Å². The molecule has 0 radical (unpaired) electrons. The van der Waals surface area contributed by atoms with Crippen molar-refractivity contribution in [2.75, 3.05) is 21.3 Å². The van der Waals surface area contributed by atoms with Gasteiger partial charge in [0.2, 0.25) is 0 Å². The molecule has 0 saturated heterocycles. The van der Waals surface area contributed by atoms with Crippen LogP contribution in [0.5, 0.6) is 0 Å². The molecule has 0 aromatic heterocycles. The second kappa shape index (κ2) is 8.02. The lowest BCUT2D eigenvalue weighted by molar-refractivity contribution is -0.159. The highest BCUT2D eigenvalue weighted by molar-refractivity contribution is 5.91. The molecule has 5 heteroatoms. The van der Waals surface area contributed by atoms with Crippen molar-refractivity contribution in [1.29, 1.82) is 0 Å². The summed E-state index contributed by atoms with van der Waals surface area (Å²) in [5, 5.41) is 9.89. The molecule has 1 aliphatic carbocycles. The van der Waals surface area contributed by atoms with Crippen LogP contribution in [0.1, 0.15) is 30.4 Å². The topological polar surface area (TPSA) is 65.0 Å². The maximum absolute atomic E-state index is 13.0. The van der Waals surface area contributed by atoms with Gasteiger partial charge in [0.15, 0.2) is 5.78 Å². The van der Waals surface area contributed by atoms with Gasteiger partial charge in [-0.15, -0.1) is 0 Å². The van der Waals surface area contributed by atoms with Gasteiger partial charge < -0.3 is 19.3 Å². The first kappa shape index (κ1) is 18.1. The molecule has 0 saturated carbocycles. The van der Waals surface area contributed by atoms with Crippen molar-refractivity contribution in [3.05, 3.63) is 35.4 Å². The van der Waals surface area contributed by atoms with E-state index in [9.17, 15) is 9.90 Å². The van der Waals surface area contributed by atoms with E-state index >= 15 is 0 Å². The Morgan fingerprint density at radius 3 is 2.35 bits per heavy atom. The lowest BCUT2D eigenvalue weighted by atomic mass is 9.89. The normalized spacial score (nSPS) is 22.2. The van der Waals surface area contributed by atoms with E-state index in [0.29, 0.717) is 0 Å². The summed E-state index contributed by atoms with van der Waals surface area (Å²) in [6.45, 7) is 1.61. The van der Waals surface area contributed by atoms with Crippen molar-refractivity contribution in [3.8, 4) is 0 Å². The van der Waals surface area contributed by atoms with Gasteiger partial charge in [-0.05, 0) is 30.9 Å². The predicted octanol–water partition coefficient (Wildman–Crippen LogP) is 1.71. The summed E-state index contributed by atoms with van der Waals surface area (Å²) < 4.78 is 16.2. The summed E-state index contributed by atoms with van der Waals surface area (Å²) in [4.78, 5) is 13.0. The highest BCUT2D eigenvalue weighted by Crippen LogP contribution is 2.35. The van der Waals surface area contributed by atoms with E-state index < -0.39 is 24.4 Å². The Kier molecular flexibility index (Phi) is 6.30. The number of carbonyl (C=O) groups excluding carboxylic acids is 1. The van der Waals surface area contributed by atoms with Crippen LogP contribution >= 0.6 is 0 Å². The fourth-order valence-electron chi connectivity index (χ4n) is 3.50. The van der Waals surface area contributed by atoms with E-state index in [4.69, 9.17) is 14.2 Å². The van der Waals surface area contributed by atoms with Crippen LogP contribution in [-0.2, 0) is 25.4 Å².